The number of fused-ring (bicyclic) bond motifs is 2. The van der Waals surface area contributed by atoms with Crippen molar-refractivity contribution in [2.75, 3.05) is 0 Å². The highest BCUT2D eigenvalue weighted by Crippen LogP contribution is 2.53. The number of amides is 1. The maximum absolute atomic E-state index is 13.0. The summed E-state index contributed by atoms with van der Waals surface area (Å²) in [5, 5.41) is 0. The van der Waals surface area contributed by atoms with E-state index in [4.69, 9.17) is 0 Å². The summed E-state index contributed by atoms with van der Waals surface area (Å²) in [7, 11) is 0. The van der Waals surface area contributed by atoms with E-state index in [1.54, 1.807) is 11.0 Å². The zero-order chi connectivity index (χ0) is 18.0. The van der Waals surface area contributed by atoms with Crippen LogP contribution in [0.2, 0.25) is 0 Å². The predicted molar refractivity (Wildman–Crippen MR) is 84.2 cm³/mol. The second-order valence-electron chi connectivity index (χ2n) is 6.91. The molecule has 1 spiro atoms. The minimum Gasteiger partial charge on any atom is -0.310 e. The molecule has 2 heterocycles. The van der Waals surface area contributed by atoms with Crippen molar-refractivity contribution < 1.29 is 22.8 Å². The van der Waals surface area contributed by atoms with Gasteiger partial charge in [0.25, 0.3) is 0 Å². The molecule has 130 valence electrons. The molecule has 1 aromatic carbocycles. The van der Waals surface area contributed by atoms with Crippen LogP contribution in [0.5, 0.6) is 0 Å². The Morgan fingerprint density at radius 1 is 1.20 bits per heavy atom. The molecule has 1 aliphatic carbocycles. The molecule has 0 N–H and O–H groups in total. The van der Waals surface area contributed by atoms with Gasteiger partial charge in [-0.25, -0.2) is 0 Å². The van der Waals surface area contributed by atoms with Gasteiger partial charge in [-0.15, -0.1) is 0 Å². The van der Waals surface area contributed by atoms with Gasteiger partial charge in [0, 0.05) is 25.0 Å². The Hall–Kier alpha value is -2.37. The first-order valence-corrected chi connectivity index (χ1v) is 8.15. The third kappa shape index (κ3) is 2.19. The molecule has 0 radical (unpaired) electrons. The lowest BCUT2D eigenvalue weighted by Crippen LogP contribution is -2.37. The van der Waals surface area contributed by atoms with Gasteiger partial charge in [-0.05, 0) is 35.3 Å². The van der Waals surface area contributed by atoms with Gasteiger partial charge >= 0.3 is 6.18 Å². The second-order valence-corrected chi connectivity index (χ2v) is 6.91. The summed E-state index contributed by atoms with van der Waals surface area (Å²) in [5.41, 5.74) is 1.28. The van der Waals surface area contributed by atoms with E-state index in [2.05, 4.69) is 6.58 Å². The van der Waals surface area contributed by atoms with Crippen molar-refractivity contribution in [1.29, 1.82) is 0 Å². The number of hydrogen-bond donors (Lipinski definition) is 0. The van der Waals surface area contributed by atoms with Crippen LogP contribution in [0.25, 0.3) is 0 Å². The number of carbonyl (C=O) groups is 2. The van der Waals surface area contributed by atoms with Crippen LogP contribution in [-0.2, 0) is 28.7 Å². The molecule has 1 aromatic rings. The smallest absolute Gasteiger partial charge is 0.310 e. The molecule has 3 aliphatic rings. The summed E-state index contributed by atoms with van der Waals surface area (Å²) < 4.78 is 38.9. The molecule has 6 heteroatoms. The van der Waals surface area contributed by atoms with E-state index in [1.165, 1.54) is 6.07 Å². The number of benzene rings is 1. The lowest BCUT2D eigenvalue weighted by molar-refractivity contribution is -0.137. The Balaban J connectivity index is 1.79. The highest BCUT2D eigenvalue weighted by molar-refractivity contribution is 5.99. The summed E-state index contributed by atoms with van der Waals surface area (Å²) in [6.45, 7) is 3.93. The maximum atomic E-state index is 13.0. The van der Waals surface area contributed by atoms with E-state index >= 15 is 0 Å². The van der Waals surface area contributed by atoms with Crippen LogP contribution in [0.1, 0.15) is 36.0 Å². The van der Waals surface area contributed by atoms with E-state index in [1.807, 2.05) is 0 Å². The van der Waals surface area contributed by atoms with Crippen LogP contribution >= 0.6 is 0 Å². The van der Waals surface area contributed by atoms with Gasteiger partial charge < -0.3 is 4.90 Å². The molecule has 4 rings (SSSR count). The first-order chi connectivity index (χ1) is 11.8. The van der Waals surface area contributed by atoms with Crippen LogP contribution < -0.4 is 0 Å². The summed E-state index contributed by atoms with van der Waals surface area (Å²) in [6, 6.07) is 3.69. The highest BCUT2D eigenvalue weighted by atomic mass is 19.4. The van der Waals surface area contributed by atoms with E-state index in [9.17, 15) is 22.8 Å². The van der Waals surface area contributed by atoms with E-state index in [-0.39, 0.29) is 24.7 Å². The number of ketones is 1. The summed E-state index contributed by atoms with van der Waals surface area (Å²) in [4.78, 5) is 26.4. The topological polar surface area (TPSA) is 37.4 Å². The molecule has 1 amide bonds. The third-order valence-electron chi connectivity index (χ3n) is 5.56. The summed E-state index contributed by atoms with van der Waals surface area (Å²) in [5.74, 6) is -0.128. The number of rotatable bonds is 1. The number of halogens is 3. The van der Waals surface area contributed by atoms with Crippen molar-refractivity contribution >= 4 is 11.7 Å². The van der Waals surface area contributed by atoms with Crippen LogP contribution in [-0.4, -0.2) is 16.6 Å². The molecular weight excluding hydrogens is 331 g/mol. The van der Waals surface area contributed by atoms with Crippen molar-refractivity contribution in [3.63, 3.8) is 0 Å². The van der Waals surface area contributed by atoms with E-state index in [0.29, 0.717) is 24.8 Å². The number of nitrogens with zero attached hydrogens (tertiary/aromatic N) is 1. The number of Topliss-reactive ketones (excluding diaryl/α,β-unsaturated/α-hetero) is 1. The van der Waals surface area contributed by atoms with Gasteiger partial charge in [0.1, 0.15) is 5.78 Å². The average Bonchev–Trinajstić information content (AvgIpc) is 3.04. The van der Waals surface area contributed by atoms with Crippen LogP contribution in [0.15, 0.2) is 42.1 Å². The minimum atomic E-state index is -4.41. The van der Waals surface area contributed by atoms with E-state index in [0.717, 1.165) is 29.0 Å². The second kappa shape index (κ2) is 5.07. The van der Waals surface area contributed by atoms with Gasteiger partial charge in [-0.2, -0.15) is 13.2 Å². The van der Waals surface area contributed by atoms with Crippen LogP contribution in [0.4, 0.5) is 13.2 Å². The lowest BCUT2D eigenvalue weighted by Gasteiger charge is -2.29. The largest absolute Gasteiger partial charge is 0.416 e. The molecule has 1 saturated carbocycles. The van der Waals surface area contributed by atoms with Crippen molar-refractivity contribution in [1.82, 2.24) is 4.90 Å². The van der Waals surface area contributed by atoms with Crippen molar-refractivity contribution in [2.45, 2.75) is 38.4 Å². The zero-order valence-corrected chi connectivity index (χ0v) is 13.4. The van der Waals surface area contributed by atoms with Crippen LogP contribution in [0, 0.1) is 5.41 Å². The molecule has 0 saturated heterocycles. The van der Waals surface area contributed by atoms with Gasteiger partial charge in [-0.1, -0.05) is 18.7 Å². The Morgan fingerprint density at radius 3 is 2.56 bits per heavy atom. The lowest BCUT2D eigenvalue weighted by atomic mass is 9.79. The Kier molecular flexibility index (Phi) is 3.27. The molecular formula is C19H16F3NO2. The first kappa shape index (κ1) is 16.1. The molecule has 1 unspecified atom stereocenters. The number of alkyl halides is 3. The van der Waals surface area contributed by atoms with Gasteiger partial charge in [0.05, 0.1) is 17.5 Å². The third-order valence-corrected chi connectivity index (χ3v) is 5.56. The highest BCUT2D eigenvalue weighted by Gasteiger charge is 2.55. The Labute approximate surface area is 142 Å². The van der Waals surface area contributed by atoms with Gasteiger partial charge in [-0.3, -0.25) is 9.59 Å². The zero-order valence-electron chi connectivity index (χ0n) is 13.4. The predicted octanol–water partition coefficient (Wildman–Crippen LogP) is 3.78. The minimum absolute atomic E-state index is 0.0463. The Morgan fingerprint density at radius 2 is 1.96 bits per heavy atom. The number of allylic oxidation sites excluding steroid dienone is 2. The SMILES string of the molecule is C=CC1=C2Cc3ccc(C(F)(F)F)cc3CN2C(=O)C12CCC(=O)C2. The molecule has 25 heavy (non-hydrogen) atoms. The number of carbonyl (C=O) groups excluding carboxylic acids is 2. The molecule has 2 aliphatic heterocycles. The normalized spacial score (nSPS) is 25.6. The van der Waals surface area contributed by atoms with E-state index < -0.39 is 17.2 Å². The number of hydrogen-bond acceptors (Lipinski definition) is 2. The fourth-order valence-corrected chi connectivity index (χ4v) is 4.34. The van der Waals surface area contributed by atoms with Gasteiger partial charge in [0.15, 0.2) is 0 Å². The first-order valence-electron chi connectivity index (χ1n) is 8.15. The van der Waals surface area contributed by atoms with Crippen molar-refractivity contribution in [3.05, 3.63) is 58.8 Å². The van der Waals surface area contributed by atoms with Crippen molar-refractivity contribution in [3.8, 4) is 0 Å². The summed E-state index contributed by atoms with van der Waals surface area (Å²) >= 11 is 0. The fourth-order valence-electron chi connectivity index (χ4n) is 4.34. The molecule has 3 nitrogen and oxygen atoms in total. The molecule has 1 atom stereocenters. The summed E-state index contributed by atoms with van der Waals surface area (Å²) in [6.07, 6.45) is -1.41. The van der Waals surface area contributed by atoms with Crippen molar-refractivity contribution in [2.24, 2.45) is 5.41 Å². The maximum Gasteiger partial charge on any atom is 0.416 e. The monoisotopic (exact) mass is 347 g/mol. The quantitative estimate of drug-likeness (QED) is 0.775. The standard InChI is InChI=1S/C19H16F3NO2/c1-2-15-16-8-11-3-4-13(19(20,21)22)7-12(11)10-23(16)17(25)18(15)6-5-14(24)9-18/h2-4,7H,1,5-6,8-10H2. The molecule has 0 aromatic heterocycles. The van der Waals surface area contributed by atoms with Crippen LogP contribution in [0.3, 0.4) is 0 Å². The Bertz CT molecular complexity index is 853. The average molecular weight is 347 g/mol. The molecule has 0 bridgehead atoms. The fraction of sp³-hybridized carbons (Fsp3) is 0.368. The van der Waals surface area contributed by atoms with Gasteiger partial charge in [0.2, 0.25) is 5.91 Å². The molecule has 1 fully saturated rings.